The average molecular weight is 278 g/mol. The predicted molar refractivity (Wildman–Crippen MR) is 70.1 cm³/mol. The molecule has 5 nitrogen and oxygen atoms in total. The zero-order valence-corrected chi connectivity index (χ0v) is 13.1. The van der Waals surface area contributed by atoms with Crippen molar-refractivity contribution in [2.75, 3.05) is 19.8 Å². The van der Waals surface area contributed by atoms with Crippen molar-refractivity contribution < 1.29 is 22.8 Å². The van der Waals surface area contributed by atoms with Crippen LogP contribution in [0.2, 0.25) is 0 Å². The van der Waals surface area contributed by atoms with E-state index in [1.807, 2.05) is 27.7 Å². The van der Waals surface area contributed by atoms with Gasteiger partial charge in [-0.2, -0.15) is 0 Å². The lowest BCUT2D eigenvalue weighted by Crippen LogP contribution is -2.57. The molecule has 0 radical (unpaired) electrons. The van der Waals surface area contributed by atoms with Crippen LogP contribution in [0, 0.1) is 0 Å². The van der Waals surface area contributed by atoms with Crippen LogP contribution >= 0.6 is 0 Å². The number of rotatable bonds is 10. The van der Waals surface area contributed by atoms with Crippen molar-refractivity contribution in [3.8, 4) is 0 Å². The van der Waals surface area contributed by atoms with Crippen molar-refractivity contribution >= 4 is 8.80 Å². The molecular weight excluding hydrogens is 252 g/mol. The van der Waals surface area contributed by atoms with Gasteiger partial charge in [-0.3, -0.25) is 0 Å². The van der Waals surface area contributed by atoms with Crippen LogP contribution in [0.1, 0.15) is 41.0 Å². The van der Waals surface area contributed by atoms with Crippen molar-refractivity contribution in [2.24, 2.45) is 0 Å². The molecule has 1 rings (SSSR count). The van der Waals surface area contributed by atoms with Gasteiger partial charge < -0.3 is 22.8 Å². The number of ether oxygens (including phenoxy) is 2. The van der Waals surface area contributed by atoms with Gasteiger partial charge in [0.15, 0.2) is 6.29 Å². The molecule has 0 N–H and O–H groups in total. The maximum absolute atomic E-state index is 5.91. The quantitative estimate of drug-likeness (QED) is 0.452. The molecule has 1 saturated heterocycles. The highest BCUT2D eigenvalue weighted by Crippen LogP contribution is 2.29. The normalized spacial score (nSPS) is 25.2. The first-order valence-electron chi connectivity index (χ1n) is 6.86. The Hall–Kier alpha value is 0.0169. The van der Waals surface area contributed by atoms with Gasteiger partial charge in [-0.05, 0) is 34.1 Å². The molecular formula is C12H26O5Si. The van der Waals surface area contributed by atoms with E-state index in [4.69, 9.17) is 22.8 Å². The molecule has 0 spiro atoms. The number of epoxide rings is 1. The van der Waals surface area contributed by atoms with E-state index in [2.05, 4.69) is 6.92 Å². The smallest absolute Gasteiger partial charge is 0.372 e. The molecule has 0 aliphatic carbocycles. The van der Waals surface area contributed by atoms with Crippen LogP contribution in [0.4, 0.5) is 0 Å². The Morgan fingerprint density at radius 2 is 1.44 bits per heavy atom. The molecule has 0 bridgehead atoms. The summed E-state index contributed by atoms with van der Waals surface area (Å²) in [5.74, 6) is 0. The van der Waals surface area contributed by atoms with Gasteiger partial charge in [-0.25, -0.2) is 0 Å². The maximum Gasteiger partial charge on any atom is 0.531 e. The zero-order valence-electron chi connectivity index (χ0n) is 12.1. The van der Waals surface area contributed by atoms with E-state index in [-0.39, 0.29) is 18.1 Å². The third-order valence-electron chi connectivity index (χ3n) is 2.76. The minimum Gasteiger partial charge on any atom is -0.372 e. The number of hydrogen-bond donors (Lipinski definition) is 0. The highest BCUT2D eigenvalue weighted by Gasteiger charge is 2.53. The molecule has 1 aliphatic heterocycles. The van der Waals surface area contributed by atoms with Crippen molar-refractivity contribution in [1.82, 2.24) is 0 Å². The van der Waals surface area contributed by atoms with Gasteiger partial charge in [0.25, 0.3) is 0 Å². The van der Waals surface area contributed by atoms with Gasteiger partial charge in [0.05, 0.1) is 0 Å². The zero-order chi connectivity index (χ0) is 13.6. The fraction of sp³-hybridized carbons (Fsp3) is 1.00. The van der Waals surface area contributed by atoms with E-state index in [1.165, 1.54) is 0 Å². The fourth-order valence-corrected chi connectivity index (χ4v) is 4.72. The molecule has 0 aromatic heterocycles. The molecule has 18 heavy (non-hydrogen) atoms. The monoisotopic (exact) mass is 278 g/mol. The molecule has 0 saturated carbocycles. The Kier molecular flexibility index (Phi) is 6.76. The molecule has 0 aromatic rings. The first-order valence-corrected chi connectivity index (χ1v) is 8.66. The van der Waals surface area contributed by atoms with E-state index in [1.54, 1.807) is 0 Å². The first kappa shape index (κ1) is 16.1. The van der Waals surface area contributed by atoms with Crippen LogP contribution in [0.3, 0.4) is 0 Å². The van der Waals surface area contributed by atoms with Crippen molar-refractivity contribution in [1.29, 1.82) is 0 Å². The van der Waals surface area contributed by atoms with Gasteiger partial charge in [0.2, 0.25) is 0 Å². The Morgan fingerprint density at radius 3 is 1.72 bits per heavy atom. The second-order valence-electron chi connectivity index (χ2n) is 4.15. The molecule has 108 valence electrons. The lowest BCUT2D eigenvalue weighted by molar-refractivity contribution is -0.0422. The standard InChI is InChI=1S/C12H26O5Si/c1-6-11(17-12-10(5)16-12)18(13-7-2,14-8-3)15-9-4/h10-12H,6-9H2,1-5H3. The van der Waals surface area contributed by atoms with Crippen LogP contribution in [0.25, 0.3) is 0 Å². The summed E-state index contributed by atoms with van der Waals surface area (Å²) in [6, 6.07) is 0. The molecule has 1 heterocycles. The SMILES string of the molecule is CCO[Si](OCC)(OCC)C(CC)OC1OC1C. The summed E-state index contributed by atoms with van der Waals surface area (Å²) in [6.07, 6.45) is 0.817. The summed E-state index contributed by atoms with van der Waals surface area (Å²) < 4.78 is 28.7. The molecule has 0 aromatic carbocycles. The minimum atomic E-state index is -2.78. The van der Waals surface area contributed by atoms with Gasteiger partial charge in [-0.1, -0.05) is 6.92 Å². The molecule has 1 aliphatic rings. The van der Waals surface area contributed by atoms with E-state index in [9.17, 15) is 0 Å². The summed E-state index contributed by atoms with van der Waals surface area (Å²) in [6.45, 7) is 11.6. The summed E-state index contributed by atoms with van der Waals surface area (Å²) in [4.78, 5) is 0. The van der Waals surface area contributed by atoms with E-state index in [0.29, 0.717) is 19.8 Å². The first-order chi connectivity index (χ1) is 8.63. The topological polar surface area (TPSA) is 49.5 Å². The summed E-state index contributed by atoms with van der Waals surface area (Å²) in [7, 11) is -2.78. The fourth-order valence-electron chi connectivity index (χ4n) is 1.91. The Bertz CT molecular complexity index is 221. The Morgan fingerprint density at radius 1 is 1.00 bits per heavy atom. The summed E-state index contributed by atoms with van der Waals surface area (Å²) in [5.41, 5.74) is -0.160. The van der Waals surface area contributed by atoms with Crippen LogP contribution in [0.5, 0.6) is 0 Å². The van der Waals surface area contributed by atoms with Crippen LogP contribution < -0.4 is 0 Å². The van der Waals surface area contributed by atoms with Crippen LogP contribution in [-0.2, 0) is 22.8 Å². The van der Waals surface area contributed by atoms with E-state index >= 15 is 0 Å². The lowest BCUT2D eigenvalue weighted by atomic mass is 10.5. The second kappa shape index (κ2) is 7.57. The Labute approximate surface area is 111 Å². The highest BCUT2D eigenvalue weighted by atomic mass is 28.4. The summed E-state index contributed by atoms with van der Waals surface area (Å²) in [5, 5.41) is 0. The van der Waals surface area contributed by atoms with E-state index < -0.39 is 8.80 Å². The second-order valence-corrected chi connectivity index (χ2v) is 6.86. The van der Waals surface area contributed by atoms with Crippen LogP contribution in [0.15, 0.2) is 0 Å². The third-order valence-corrected chi connectivity index (χ3v) is 6.16. The third kappa shape index (κ3) is 4.01. The largest absolute Gasteiger partial charge is 0.531 e. The lowest BCUT2D eigenvalue weighted by Gasteiger charge is -2.34. The Balaban J connectivity index is 2.73. The minimum absolute atomic E-state index is 0.136. The maximum atomic E-state index is 5.91. The molecule has 0 amide bonds. The van der Waals surface area contributed by atoms with Crippen molar-refractivity contribution in [3.05, 3.63) is 0 Å². The molecule has 1 fully saturated rings. The number of hydrogen-bond acceptors (Lipinski definition) is 5. The van der Waals surface area contributed by atoms with Crippen molar-refractivity contribution in [3.63, 3.8) is 0 Å². The van der Waals surface area contributed by atoms with Gasteiger partial charge in [-0.15, -0.1) is 0 Å². The highest BCUT2D eigenvalue weighted by molar-refractivity contribution is 6.62. The molecule has 6 heteroatoms. The molecule has 3 atom stereocenters. The van der Waals surface area contributed by atoms with Crippen LogP contribution in [-0.4, -0.2) is 46.7 Å². The average Bonchev–Trinajstić information content (AvgIpc) is 3.03. The predicted octanol–water partition coefficient (Wildman–Crippen LogP) is 2.11. The summed E-state index contributed by atoms with van der Waals surface area (Å²) >= 11 is 0. The van der Waals surface area contributed by atoms with Gasteiger partial charge >= 0.3 is 8.80 Å². The van der Waals surface area contributed by atoms with E-state index in [0.717, 1.165) is 6.42 Å². The molecule has 3 unspecified atom stereocenters. The van der Waals surface area contributed by atoms with Gasteiger partial charge in [0.1, 0.15) is 11.8 Å². The van der Waals surface area contributed by atoms with Crippen molar-refractivity contribution in [2.45, 2.75) is 59.2 Å². The van der Waals surface area contributed by atoms with Gasteiger partial charge in [0, 0.05) is 19.8 Å².